The molecule has 0 aromatic carbocycles. The monoisotopic (exact) mass is 1900 g/mol. The molecular formula is C103H184F10O18. The van der Waals surface area contributed by atoms with Crippen LogP contribution < -0.4 is 0 Å². The van der Waals surface area contributed by atoms with Gasteiger partial charge in [-0.1, -0.05) is 117 Å². The van der Waals surface area contributed by atoms with Crippen molar-refractivity contribution in [1.82, 2.24) is 0 Å². The number of hydrogen-bond acceptors (Lipinski definition) is 18. The Morgan fingerprint density at radius 3 is 1.01 bits per heavy atom. The summed E-state index contributed by atoms with van der Waals surface area (Å²) in [6, 6.07) is 0. The Kier molecular flexibility index (Phi) is 57.1. The van der Waals surface area contributed by atoms with E-state index in [1.165, 1.54) is 91.9 Å². The quantitative estimate of drug-likeness (QED) is 0.0346. The molecule has 0 aromatic heterocycles. The molecule has 0 spiro atoms. The largest absolute Gasteiger partial charge is 0.463 e. The van der Waals surface area contributed by atoms with Crippen LogP contribution in [0.5, 0.6) is 0 Å². The molecule has 131 heavy (non-hydrogen) atoms. The lowest BCUT2D eigenvalue weighted by Crippen LogP contribution is -2.39. The van der Waals surface area contributed by atoms with Crippen LogP contribution >= 0.6 is 0 Å². The van der Waals surface area contributed by atoms with E-state index in [-0.39, 0.29) is 87.4 Å². The lowest BCUT2D eigenvalue weighted by Gasteiger charge is -2.39. The van der Waals surface area contributed by atoms with Gasteiger partial charge in [-0.15, -0.1) is 0 Å². The summed E-state index contributed by atoms with van der Waals surface area (Å²) < 4.78 is 165. The van der Waals surface area contributed by atoms with Crippen LogP contribution in [0.3, 0.4) is 0 Å². The molecule has 9 atom stereocenters. The van der Waals surface area contributed by atoms with Gasteiger partial charge in [0, 0.05) is 0 Å². The summed E-state index contributed by atoms with van der Waals surface area (Å²) in [6.45, 7) is 67.3. The Bertz CT molecular complexity index is 3280. The molecule has 0 radical (unpaired) electrons. The van der Waals surface area contributed by atoms with E-state index in [1.54, 1.807) is 48.5 Å². The fourth-order valence-electron chi connectivity index (χ4n) is 13.6. The Labute approximate surface area is 785 Å². The molecule has 6 saturated carbocycles. The van der Waals surface area contributed by atoms with Crippen molar-refractivity contribution in [2.75, 3.05) is 13.2 Å². The van der Waals surface area contributed by atoms with Crippen LogP contribution in [0, 0.1) is 95.1 Å². The number of halogens is 10. The fourth-order valence-corrected chi connectivity index (χ4v) is 13.6. The lowest BCUT2D eigenvalue weighted by molar-refractivity contribution is -0.186. The molecule has 0 heterocycles. The van der Waals surface area contributed by atoms with Gasteiger partial charge in [-0.25, -0.2) is 35.1 Å². The van der Waals surface area contributed by atoms with Gasteiger partial charge in [-0.2, -0.15) is 8.78 Å². The number of esters is 9. The maximum atomic E-state index is 12.4. The van der Waals surface area contributed by atoms with Gasteiger partial charge in [-0.3, -0.25) is 43.2 Å². The molecule has 6 fully saturated rings. The van der Waals surface area contributed by atoms with Gasteiger partial charge in [0.2, 0.25) is 0 Å². The van der Waals surface area contributed by atoms with Crippen LogP contribution in [0.2, 0.25) is 0 Å². The highest BCUT2D eigenvalue weighted by atomic mass is 19.3. The fraction of sp³-hybridized carbons (Fsp3) is 0.913. The number of hydrogen-bond donors (Lipinski definition) is 0. The van der Waals surface area contributed by atoms with E-state index in [0.717, 1.165) is 101 Å². The van der Waals surface area contributed by atoms with Crippen LogP contribution in [-0.4, -0.2) is 141 Å². The zero-order chi connectivity index (χ0) is 103. The maximum Gasteiger partial charge on any atom is 0.340 e. The van der Waals surface area contributed by atoms with Gasteiger partial charge in [0.05, 0.1) is 54.8 Å². The normalized spacial score (nSPS) is 21.6. The van der Waals surface area contributed by atoms with Gasteiger partial charge < -0.3 is 42.6 Å². The number of carbonyl (C=O) groups excluding carboxylic acids is 9. The minimum atomic E-state index is -4.28. The van der Waals surface area contributed by atoms with E-state index in [2.05, 4.69) is 67.4 Å². The molecule has 18 nitrogen and oxygen atoms in total. The summed E-state index contributed by atoms with van der Waals surface area (Å²) in [5, 5.41) is 0. The SMILES string of the molecule is CCC(C)(C)C(=O)OC(C)C.CCC(C)(C)C(=O)OC(C)C(F)F.CCC(C)(C)C(=O)OC(C)C(F)F.CCC(C)(C)C(=O)OC1CC(C)(C)CCC1C.CCC(C)(C)C(=O)OC1CC2CC1C1CCCC21.CCC(C)(C)C(=O)OC1CCC(C(C)(C)C)CC1.CCC(C)(C)C(=O)OC1CCCCC1.CCC(C)(C)C(=O)OCC(F)(F)C(F)F.CCC(C)(C)C(=O)OCC(F)F. The third-order valence-corrected chi connectivity index (χ3v) is 28.2. The van der Waals surface area contributed by atoms with Gasteiger partial charge in [0.1, 0.15) is 24.4 Å². The average molecular weight is 1900 g/mol. The van der Waals surface area contributed by atoms with Gasteiger partial charge in [0.15, 0.2) is 25.4 Å². The van der Waals surface area contributed by atoms with Gasteiger partial charge in [-0.05, 0) is 353 Å². The maximum absolute atomic E-state index is 12.4. The zero-order valence-corrected chi connectivity index (χ0v) is 88.2. The minimum Gasteiger partial charge on any atom is -0.463 e. The van der Waals surface area contributed by atoms with E-state index in [0.29, 0.717) is 48.3 Å². The second-order valence-electron chi connectivity index (χ2n) is 44.9. The molecule has 0 N–H and O–H groups in total. The standard InChI is InChI=1S/C16H26O2.C16H30O2.C15H28O2.C12H22O2.C9H14F4O2.2C9H16F2O2.C9H18O2.C8H14F2O2/c1-4-16(2,3)15(17)18-14-9-10-8-13(14)12-7-5-6-11(10)12;1-7-16(5,6)14(17)18-13-10-8-12(9-11-13)15(2,3)4;1-7-15(5,6)13(16)17-12-10-14(3,4)9-8-11(12)2;1-4-12(2,3)11(13)14-10-8-6-5-7-9-10;1-4-8(2,3)7(14)15-5-9(12,13)6(10)11;2*1-5-9(3,4)8(12)13-6(2)7(10)11;1-6-9(4,5)8(10)11-7(2)3;1-4-8(2,3)7(11)12-5-6(9)10/h10-14H,4-9H2,1-3H3;12-13H,7-11H2,1-6H3;11-12H,7-10H2,1-6H3;10H,4-9H2,1-3H3;6H,4-5H2,1-3H3;2*6-7H,5H2,1-4H3;7H,6H2,1-5H3;6H,4-5H2,1-3H3. The summed E-state index contributed by atoms with van der Waals surface area (Å²) >= 11 is 0. The number of ether oxygens (including phenoxy) is 9. The predicted octanol–water partition coefficient (Wildman–Crippen LogP) is 28.6. The van der Waals surface area contributed by atoms with Gasteiger partial charge >= 0.3 is 66.1 Å². The molecular weight excluding hydrogens is 1720 g/mol. The second-order valence-corrected chi connectivity index (χ2v) is 44.9. The molecule has 28 heteroatoms. The molecule has 9 unspecified atom stereocenters. The number of fused-ring (bicyclic) bond motifs is 5. The van der Waals surface area contributed by atoms with Crippen LogP contribution in [0.25, 0.3) is 0 Å². The highest BCUT2D eigenvalue weighted by Crippen LogP contribution is 2.60. The summed E-state index contributed by atoms with van der Waals surface area (Å²) in [7, 11) is 0. The van der Waals surface area contributed by atoms with Crippen molar-refractivity contribution < 1.29 is 130 Å². The first kappa shape index (κ1) is 130. The van der Waals surface area contributed by atoms with E-state index in [4.69, 9.17) is 23.7 Å². The summed E-state index contributed by atoms with van der Waals surface area (Å²) in [4.78, 5) is 104. The molecule has 0 aromatic rings. The number of rotatable bonds is 32. The lowest BCUT2D eigenvalue weighted by atomic mass is 9.72. The van der Waals surface area contributed by atoms with Crippen LogP contribution in [-0.2, 0) is 85.8 Å². The summed E-state index contributed by atoms with van der Waals surface area (Å²) in [5.41, 5.74) is -3.87. The molecule has 774 valence electrons. The smallest absolute Gasteiger partial charge is 0.340 e. The highest BCUT2D eigenvalue weighted by molar-refractivity contribution is 5.79. The Morgan fingerprint density at radius 1 is 0.351 bits per heavy atom. The molecule has 6 aliphatic carbocycles. The molecule has 6 aliphatic rings. The third kappa shape index (κ3) is 47.9. The first-order valence-electron chi connectivity index (χ1n) is 48.8. The van der Waals surface area contributed by atoms with E-state index >= 15 is 0 Å². The Balaban J connectivity index is -0.00000141. The summed E-state index contributed by atoms with van der Waals surface area (Å²) in [5.74, 6) is -2.34. The molecule has 6 rings (SSSR count). The highest BCUT2D eigenvalue weighted by Gasteiger charge is 2.56. The van der Waals surface area contributed by atoms with E-state index < -0.39 is 103 Å². The van der Waals surface area contributed by atoms with E-state index in [1.807, 2.05) is 132 Å². The number of carbonyl (C=O) groups is 9. The van der Waals surface area contributed by atoms with Crippen molar-refractivity contribution in [2.24, 2.45) is 95.1 Å². The molecule has 0 aliphatic heterocycles. The predicted molar refractivity (Wildman–Crippen MR) is 498 cm³/mol. The summed E-state index contributed by atoms with van der Waals surface area (Å²) in [6.07, 6.45) is 13.1. The first-order valence-corrected chi connectivity index (χ1v) is 48.8. The van der Waals surface area contributed by atoms with E-state index in [9.17, 15) is 87.1 Å². The van der Waals surface area contributed by atoms with Crippen molar-refractivity contribution >= 4 is 53.7 Å². The topological polar surface area (TPSA) is 237 Å². The third-order valence-electron chi connectivity index (χ3n) is 28.2. The Morgan fingerprint density at radius 2 is 0.672 bits per heavy atom. The van der Waals surface area contributed by atoms with Crippen LogP contribution in [0.1, 0.15) is 423 Å². The molecule has 2 bridgehead atoms. The number of alkyl halides is 10. The molecule has 0 amide bonds. The average Bonchev–Trinajstić information content (AvgIpc) is 1.59. The second kappa shape index (κ2) is 57.7. The van der Waals surface area contributed by atoms with Crippen molar-refractivity contribution in [2.45, 2.75) is 497 Å². The van der Waals surface area contributed by atoms with Crippen molar-refractivity contribution in [3.8, 4) is 0 Å². The first-order chi connectivity index (χ1) is 59.5. The Hall–Kier alpha value is -5.47. The zero-order valence-electron chi connectivity index (χ0n) is 88.2. The van der Waals surface area contributed by atoms with Crippen molar-refractivity contribution in [3.63, 3.8) is 0 Å². The van der Waals surface area contributed by atoms with Gasteiger partial charge in [0.25, 0.3) is 19.3 Å². The van der Waals surface area contributed by atoms with Crippen molar-refractivity contribution in [1.29, 1.82) is 0 Å². The minimum absolute atomic E-state index is 0.00618. The molecule has 0 saturated heterocycles. The van der Waals surface area contributed by atoms with Crippen LogP contribution in [0.4, 0.5) is 43.9 Å². The van der Waals surface area contributed by atoms with Crippen LogP contribution in [0.15, 0.2) is 0 Å². The van der Waals surface area contributed by atoms with Crippen molar-refractivity contribution in [3.05, 3.63) is 0 Å².